The zero-order chi connectivity index (χ0) is 12.0. The standard InChI is InChI=1S/C10H18N6/c1-4-5-16-7-9(14-15-16)6-12-10(11)13-8(2)3/h4,7-8H,1,5-6H2,2-3H3,(H3,11,12,13). The Bertz CT molecular complexity index is 365. The van der Waals surface area contributed by atoms with E-state index in [2.05, 4.69) is 27.2 Å². The molecule has 0 fully saturated rings. The van der Waals surface area contributed by atoms with Crippen LogP contribution in [0.1, 0.15) is 19.5 Å². The first-order valence-electron chi connectivity index (χ1n) is 5.18. The molecular weight excluding hydrogens is 204 g/mol. The highest BCUT2D eigenvalue weighted by Crippen LogP contribution is 1.95. The van der Waals surface area contributed by atoms with Gasteiger partial charge >= 0.3 is 0 Å². The third-order valence-electron chi connectivity index (χ3n) is 1.75. The van der Waals surface area contributed by atoms with Crippen molar-refractivity contribution in [3.8, 4) is 0 Å². The molecule has 88 valence electrons. The second-order valence-electron chi connectivity index (χ2n) is 3.72. The Labute approximate surface area is 95.2 Å². The molecule has 6 heteroatoms. The highest BCUT2D eigenvalue weighted by molar-refractivity contribution is 5.77. The zero-order valence-corrected chi connectivity index (χ0v) is 9.72. The van der Waals surface area contributed by atoms with E-state index in [0.29, 0.717) is 19.0 Å². The molecule has 0 aliphatic carbocycles. The van der Waals surface area contributed by atoms with Crippen molar-refractivity contribution in [1.29, 1.82) is 0 Å². The van der Waals surface area contributed by atoms with Gasteiger partial charge in [0.15, 0.2) is 5.96 Å². The third-order valence-corrected chi connectivity index (χ3v) is 1.75. The van der Waals surface area contributed by atoms with Crippen molar-refractivity contribution in [1.82, 2.24) is 20.3 Å². The van der Waals surface area contributed by atoms with E-state index in [0.717, 1.165) is 5.69 Å². The summed E-state index contributed by atoms with van der Waals surface area (Å²) in [7, 11) is 0. The minimum absolute atomic E-state index is 0.278. The average molecular weight is 222 g/mol. The second-order valence-corrected chi connectivity index (χ2v) is 3.72. The molecule has 0 aliphatic rings. The Morgan fingerprint density at radius 1 is 1.75 bits per heavy atom. The maximum absolute atomic E-state index is 5.66. The first kappa shape index (κ1) is 12.2. The van der Waals surface area contributed by atoms with Crippen LogP contribution in [0.3, 0.4) is 0 Å². The molecule has 6 nitrogen and oxygen atoms in total. The van der Waals surface area contributed by atoms with Gasteiger partial charge in [-0.05, 0) is 13.8 Å². The molecule has 0 atom stereocenters. The van der Waals surface area contributed by atoms with E-state index in [9.17, 15) is 0 Å². The fraction of sp³-hybridized carbons (Fsp3) is 0.500. The lowest BCUT2D eigenvalue weighted by Gasteiger charge is -2.07. The van der Waals surface area contributed by atoms with Crippen LogP contribution in [-0.2, 0) is 13.1 Å². The molecule has 0 aliphatic heterocycles. The Kier molecular flexibility index (Phi) is 4.50. The number of nitrogens with two attached hydrogens (primary N) is 1. The van der Waals surface area contributed by atoms with Crippen LogP contribution in [0.2, 0.25) is 0 Å². The van der Waals surface area contributed by atoms with Crippen LogP contribution in [0.15, 0.2) is 23.8 Å². The van der Waals surface area contributed by atoms with Crippen molar-refractivity contribution in [2.75, 3.05) is 0 Å². The van der Waals surface area contributed by atoms with Crippen molar-refractivity contribution < 1.29 is 0 Å². The molecule has 0 aromatic carbocycles. The Hall–Kier alpha value is -1.85. The number of allylic oxidation sites excluding steroid dienone is 1. The van der Waals surface area contributed by atoms with E-state index >= 15 is 0 Å². The fourth-order valence-electron chi connectivity index (χ4n) is 1.14. The fourth-order valence-corrected chi connectivity index (χ4v) is 1.14. The zero-order valence-electron chi connectivity index (χ0n) is 9.72. The van der Waals surface area contributed by atoms with Crippen molar-refractivity contribution >= 4 is 5.96 Å². The molecule has 16 heavy (non-hydrogen) atoms. The van der Waals surface area contributed by atoms with E-state index in [1.807, 2.05) is 20.0 Å². The molecule has 0 radical (unpaired) electrons. The van der Waals surface area contributed by atoms with Crippen molar-refractivity contribution in [3.63, 3.8) is 0 Å². The number of guanidine groups is 1. The number of hydrogen-bond acceptors (Lipinski definition) is 3. The summed E-state index contributed by atoms with van der Waals surface area (Å²) in [6, 6.07) is 0.278. The lowest BCUT2D eigenvalue weighted by molar-refractivity contribution is 0.662. The predicted molar refractivity (Wildman–Crippen MR) is 63.8 cm³/mol. The Morgan fingerprint density at radius 2 is 2.50 bits per heavy atom. The van der Waals surface area contributed by atoms with Gasteiger partial charge in [0, 0.05) is 6.04 Å². The van der Waals surface area contributed by atoms with Crippen molar-refractivity contribution in [3.05, 3.63) is 24.5 Å². The highest BCUT2D eigenvalue weighted by Gasteiger charge is 1.99. The number of aromatic nitrogens is 3. The summed E-state index contributed by atoms with van der Waals surface area (Å²) in [5.74, 6) is 0.424. The summed E-state index contributed by atoms with van der Waals surface area (Å²) in [6.45, 7) is 8.71. The molecule has 0 unspecified atom stereocenters. The monoisotopic (exact) mass is 222 g/mol. The van der Waals surface area contributed by atoms with Gasteiger partial charge in [-0.25, -0.2) is 9.67 Å². The van der Waals surface area contributed by atoms with E-state index in [1.165, 1.54) is 0 Å². The molecule has 0 saturated heterocycles. The van der Waals surface area contributed by atoms with E-state index in [4.69, 9.17) is 5.73 Å². The molecule has 1 aromatic rings. The summed E-state index contributed by atoms with van der Waals surface area (Å²) in [6.07, 6.45) is 3.59. The largest absolute Gasteiger partial charge is 0.370 e. The summed E-state index contributed by atoms with van der Waals surface area (Å²) in [5.41, 5.74) is 6.44. The second kappa shape index (κ2) is 5.89. The Balaban J connectivity index is 2.49. The van der Waals surface area contributed by atoms with Crippen LogP contribution in [-0.4, -0.2) is 27.0 Å². The molecule has 0 saturated carbocycles. The first-order chi connectivity index (χ1) is 7.61. The van der Waals surface area contributed by atoms with Crippen LogP contribution >= 0.6 is 0 Å². The highest BCUT2D eigenvalue weighted by atomic mass is 15.4. The van der Waals surface area contributed by atoms with Crippen LogP contribution in [0, 0.1) is 0 Å². The maximum atomic E-state index is 5.66. The molecule has 0 bridgehead atoms. The molecule has 1 heterocycles. The summed E-state index contributed by atoms with van der Waals surface area (Å²) >= 11 is 0. The maximum Gasteiger partial charge on any atom is 0.189 e. The quantitative estimate of drug-likeness (QED) is 0.426. The Morgan fingerprint density at radius 3 is 3.12 bits per heavy atom. The molecule has 1 aromatic heterocycles. The number of aliphatic imine (C=N–C) groups is 1. The van der Waals surface area contributed by atoms with Gasteiger partial charge < -0.3 is 11.1 Å². The minimum atomic E-state index is 0.278. The van der Waals surface area contributed by atoms with Crippen molar-refractivity contribution in [2.45, 2.75) is 33.0 Å². The van der Waals surface area contributed by atoms with Gasteiger partial charge in [-0.1, -0.05) is 11.3 Å². The van der Waals surface area contributed by atoms with Crippen molar-refractivity contribution in [2.24, 2.45) is 10.7 Å². The van der Waals surface area contributed by atoms with Crippen LogP contribution in [0.4, 0.5) is 0 Å². The van der Waals surface area contributed by atoms with Crippen LogP contribution < -0.4 is 11.1 Å². The van der Waals surface area contributed by atoms with E-state index in [-0.39, 0.29) is 6.04 Å². The molecule has 0 spiro atoms. The normalized spacial score (nSPS) is 11.8. The third kappa shape index (κ3) is 4.12. The van der Waals surface area contributed by atoms with E-state index < -0.39 is 0 Å². The molecule has 0 amide bonds. The molecule has 1 rings (SSSR count). The average Bonchev–Trinajstić information content (AvgIpc) is 2.62. The smallest absolute Gasteiger partial charge is 0.189 e. The van der Waals surface area contributed by atoms with Crippen LogP contribution in [0.25, 0.3) is 0 Å². The van der Waals surface area contributed by atoms with Gasteiger partial charge in [0.05, 0.1) is 19.3 Å². The number of nitrogens with zero attached hydrogens (tertiary/aromatic N) is 4. The van der Waals surface area contributed by atoms with E-state index in [1.54, 1.807) is 10.8 Å². The topological polar surface area (TPSA) is 81.1 Å². The van der Waals surface area contributed by atoms with Gasteiger partial charge in [-0.2, -0.15) is 0 Å². The number of hydrogen-bond donors (Lipinski definition) is 2. The minimum Gasteiger partial charge on any atom is -0.370 e. The molecule has 3 N–H and O–H groups in total. The lowest BCUT2D eigenvalue weighted by atomic mass is 10.4. The predicted octanol–water partition coefficient (Wildman–Crippen LogP) is 0.277. The SMILES string of the molecule is C=CCn1cc(CN=C(N)NC(C)C)nn1. The first-order valence-corrected chi connectivity index (χ1v) is 5.18. The van der Waals surface area contributed by atoms with Gasteiger partial charge in [0.2, 0.25) is 0 Å². The van der Waals surface area contributed by atoms with Gasteiger partial charge in [0.25, 0.3) is 0 Å². The van der Waals surface area contributed by atoms with Gasteiger partial charge in [-0.3, -0.25) is 0 Å². The van der Waals surface area contributed by atoms with Gasteiger partial charge in [-0.15, -0.1) is 11.7 Å². The summed E-state index contributed by atoms with van der Waals surface area (Å²) in [5, 5.41) is 10.9. The molecular formula is C10H18N6. The summed E-state index contributed by atoms with van der Waals surface area (Å²) < 4.78 is 1.70. The summed E-state index contributed by atoms with van der Waals surface area (Å²) in [4.78, 5) is 4.15. The lowest BCUT2D eigenvalue weighted by Crippen LogP contribution is -2.36. The van der Waals surface area contributed by atoms with Gasteiger partial charge in [0.1, 0.15) is 5.69 Å². The number of nitrogens with one attached hydrogen (secondary N) is 1. The number of rotatable bonds is 5. The van der Waals surface area contributed by atoms with Crippen LogP contribution in [0.5, 0.6) is 0 Å².